The first kappa shape index (κ1) is 26.8. The summed E-state index contributed by atoms with van der Waals surface area (Å²) in [6.07, 6.45) is 5.66. The molecule has 11 nitrogen and oxygen atoms in total. The standard InChI is InChI=1S/C27H29FN6O5S/c28-22-3-2-19(24-15-38-10-9-34(24)40(30,36)37)21(14-29)25(22)39-18-1-4-23-20(11-18)26(35)33(16-32-23)17-12-27(13-17)5-7-31-8-6-27/h1-4,11,16-17,24,31H,5-10,12-13,15H2,(H2,30,36,37). The minimum absolute atomic E-state index is 0.00904. The third-order valence-electron chi connectivity index (χ3n) is 8.39. The molecule has 0 bridgehead atoms. The molecule has 0 amide bonds. The molecule has 0 radical (unpaired) electrons. The largest absolute Gasteiger partial charge is 0.453 e. The fourth-order valence-corrected chi connectivity index (χ4v) is 7.12. The molecule has 2 saturated heterocycles. The van der Waals surface area contributed by atoms with Crippen LogP contribution in [0.1, 0.15) is 48.9 Å². The minimum Gasteiger partial charge on any atom is -0.453 e. The molecule has 1 aromatic heterocycles. The van der Waals surface area contributed by atoms with Crippen LogP contribution in [0.4, 0.5) is 4.39 Å². The first-order valence-corrected chi connectivity index (χ1v) is 14.7. The maximum atomic E-state index is 15.0. The van der Waals surface area contributed by atoms with Gasteiger partial charge in [-0.05, 0) is 74.0 Å². The number of fused-ring (bicyclic) bond motifs is 1. The second-order valence-corrected chi connectivity index (χ2v) is 12.2. The van der Waals surface area contributed by atoms with E-state index in [0.29, 0.717) is 10.9 Å². The molecule has 3 fully saturated rings. The van der Waals surface area contributed by atoms with Crippen LogP contribution in [0.25, 0.3) is 10.9 Å². The van der Waals surface area contributed by atoms with Crippen molar-refractivity contribution in [1.29, 1.82) is 5.26 Å². The fraction of sp³-hybridized carbons (Fsp3) is 0.444. The fourth-order valence-electron chi connectivity index (χ4n) is 6.26. The zero-order valence-electron chi connectivity index (χ0n) is 21.7. The van der Waals surface area contributed by atoms with Gasteiger partial charge in [0.15, 0.2) is 11.6 Å². The molecule has 1 unspecified atom stereocenters. The predicted molar refractivity (Wildman–Crippen MR) is 143 cm³/mol. The van der Waals surface area contributed by atoms with E-state index in [0.717, 1.165) is 49.1 Å². The number of nitriles is 1. The smallest absolute Gasteiger partial charge is 0.277 e. The van der Waals surface area contributed by atoms with Gasteiger partial charge in [0.05, 0.1) is 36.5 Å². The van der Waals surface area contributed by atoms with E-state index in [2.05, 4.69) is 10.3 Å². The van der Waals surface area contributed by atoms with Crippen LogP contribution < -0.4 is 20.8 Å². The van der Waals surface area contributed by atoms with Gasteiger partial charge in [-0.3, -0.25) is 9.36 Å². The van der Waals surface area contributed by atoms with E-state index in [1.54, 1.807) is 23.0 Å². The summed E-state index contributed by atoms with van der Waals surface area (Å²) in [5, 5.41) is 19.1. The molecule has 3 N–H and O–H groups in total. The third-order valence-corrected chi connectivity index (χ3v) is 9.48. The van der Waals surface area contributed by atoms with E-state index >= 15 is 4.39 Å². The normalized spacial score (nSPS) is 21.7. The van der Waals surface area contributed by atoms with Gasteiger partial charge in [-0.1, -0.05) is 6.07 Å². The van der Waals surface area contributed by atoms with E-state index in [1.807, 2.05) is 6.07 Å². The van der Waals surface area contributed by atoms with Gasteiger partial charge in [-0.15, -0.1) is 0 Å². The van der Waals surface area contributed by atoms with E-state index < -0.39 is 22.1 Å². The Morgan fingerprint density at radius 3 is 2.73 bits per heavy atom. The summed E-state index contributed by atoms with van der Waals surface area (Å²) in [5.41, 5.74) is 0.571. The number of piperidine rings is 1. The average Bonchev–Trinajstić information content (AvgIpc) is 2.93. The number of nitrogens with zero attached hydrogens (tertiary/aromatic N) is 4. The van der Waals surface area contributed by atoms with Gasteiger partial charge in [0.1, 0.15) is 17.4 Å². The van der Waals surface area contributed by atoms with Crippen LogP contribution in [0, 0.1) is 22.6 Å². The lowest BCUT2D eigenvalue weighted by atomic mass is 9.60. The predicted octanol–water partition coefficient (Wildman–Crippen LogP) is 2.48. The van der Waals surface area contributed by atoms with Gasteiger partial charge >= 0.3 is 0 Å². The Hall–Kier alpha value is -3.41. The van der Waals surface area contributed by atoms with Gasteiger partial charge in [0.2, 0.25) is 0 Å². The zero-order chi connectivity index (χ0) is 28.1. The van der Waals surface area contributed by atoms with Crippen molar-refractivity contribution in [2.45, 2.75) is 37.8 Å². The molecule has 40 heavy (non-hydrogen) atoms. The van der Waals surface area contributed by atoms with Gasteiger partial charge in [0.25, 0.3) is 15.8 Å². The molecule has 2 aliphatic heterocycles. The summed E-state index contributed by atoms with van der Waals surface area (Å²) in [4.78, 5) is 17.9. The van der Waals surface area contributed by atoms with E-state index in [1.165, 1.54) is 12.1 Å². The van der Waals surface area contributed by atoms with Crippen LogP contribution in [0.3, 0.4) is 0 Å². The number of benzene rings is 2. The Morgan fingerprint density at radius 2 is 2.00 bits per heavy atom. The molecule has 1 aliphatic carbocycles. The molecule has 6 rings (SSSR count). The number of nitrogens with two attached hydrogens (primary N) is 1. The second-order valence-electron chi connectivity index (χ2n) is 10.7. The number of nitrogens with one attached hydrogen (secondary N) is 1. The number of hydrogen-bond acceptors (Lipinski definition) is 8. The Morgan fingerprint density at radius 1 is 1.23 bits per heavy atom. The molecule has 2 aromatic carbocycles. The van der Waals surface area contributed by atoms with Gasteiger partial charge in [-0.2, -0.15) is 18.0 Å². The highest BCUT2D eigenvalue weighted by atomic mass is 32.2. The van der Waals surface area contributed by atoms with Crippen LogP contribution in [-0.4, -0.2) is 55.1 Å². The molecule has 3 heterocycles. The minimum atomic E-state index is -4.11. The van der Waals surface area contributed by atoms with Crippen LogP contribution in [0.2, 0.25) is 0 Å². The van der Waals surface area contributed by atoms with Gasteiger partial charge in [0, 0.05) is 12.6 Å². The molecule has 1 saturated carbocycles. The SMILES string of the molecule is N#Cc1c(C2COCCN2S(N)(=O)=O)ccc(F)c1Oc1ccc2ncn(C3CC4(CCNCC4)C3)c(=O)c2c1. The van der Waals surface area contributed by atoms with Crippen molar-refractivity contribution in [3.63, 3.8) is 0 Å². The first-order chi connectivity index (χ1) is 19.2. The quantitative estimate of drug-likeness (QED) is 0.476. The lowest BCUT2D eigenvalue weighted by Crippen LogP contribution is -2.47. The Kier molecular flexibility index (Phi) is 6.84. The van der Waals surface area contributed by atoms with Crippen molar-refractivity contribution in [3.8, 4) is 17.6 Å². The highest BCUT2D eigenvalue weighted by Crippen LogP contribution is 2.53. The highest BCUT2D eigenvalue weighted by molar-refractivity contribution is 7.86. The summed E-state index contributed by atoms with van der Waals surface area (Å²) in [6, 6.07) is 8.16. The number of ether oxygens (including phenoxy) is 2. The number of aromatic nitrogens is 2. The molecular weight excluding hydrogens is 539 g/mol. The topological polar surface area (TPSA) is 153 Å². The maximum absolute atomic E-state index is 15.0. The van der Waals surface area contributed by atoms with Crippen molar-refractivity contribution < 1.29 is 22.3 Å². The summed E-state index contributed by atoms with van der Waals surface area (Å²) in [7, 11) is -4.11. The lowest BCUT2D eigenvalue weighted by molar-refractivity contribution is 0.0270. The van der Waals surface area contributed by atoms with Gasteiger partial charge < -0.3 is 14.8 Å². The number of halogens is 1. The van der Waals surface area contributed by atoms with E-state index in [-0.39, 0.29) is 59.4 Å². The number of morpholine rings is 1. The molecule has 1 atom stereocenters. The molecule has 3 aliphatic rings. The highest BCUT2D eigenvalue weighted by Gasteiger charge is 2.45. The molecule has 210 valence electrons. The van der Waals surface area contributed by atoms with Crippen LogP contribution in [0.5, 0.6) is 11.5 Å². The Bertz CT molecular complexity index is 1670. The molecule has 3 aromatic rings. The van der Waals surface area contributed by atoms with Gasteiger partial charge in [-0.25, -0.2) is 14.5 Å². The lowest BCUT2D eigenvalue weighted by Gasteiger charge is -2.50. The van der Waals surface area contributed by atoms with Crippen molar-refractivity contribution in [2.24, 2.45) is 10.6 Å². The third kappa shape index (κ3) is 4.76. The second kappa shape index (κ2) is 10.2. The summed E-state index contributed by atoms with van der Waals surface area (Å²) in [5.74, 6) is -1.05. The van der Waals surface area contributed by atoms with Crippen molar-refractivity contribution in [2.75, 3.05) is 32.8 Å². The van der Waals surface area contributed by atoms with Crippen molar-refractivity contribution >= 4 is 21.1 Å². The summed E-state index contributed by atoms with van der Waals surface area (Å²) < 4.78 is 53.4. The van der Waals surface area contributed by atoms with Crippen LogP contribution >= 0.6 is 0 Å². The first-order valence-electron chi connectivity index (χ1n) is 13.2. The number of hydrogen-bond donors (Lipinski definition) is 2. The molecule has 13 heteroatoms. The molecular formula is C27H29FN6O5S. The average molecular weight is 569 g/mol. The maximum Gasteiger partial charge on any atom is 0.277 e. The van der Waals surface area contributed by atoms with Crippen molar-refractivity contribution in [3.05, 3.63) is 64.0 Å². The van der Waals surface area contributed by atoms with Crippen molar-refractivity contribution in [1.82, 2.24) is 19.2 Å². The molecule has 1 spiro atoms. The Labute approximate surface area is 230 Å². The van der Waals surface area contributed by atoms with E-state index in [4.69, 9.17) is 14.6 Å². The zero-order valence-corrected chi connectivity index (χ0v) is 22.5. The summed E-state index contributed by atoms with van der Waals surface area (Å²) in [6.45, 7) is 2.06. The van der Waals surface area contributed by atoms with E-state index in [9.17, 15) is 18.5 Å². The Balaban J connectivity index is 1.33. The number of rotatable bonds is 5. The monoisotopic (exact) mass is 568 g/mol. The van der Waals surface area contributed by atoms with Crippen LogP contribution in [0.15, 0.2) is 41.5 Å². The summed E-state index contributed by atoms with van der Waals surface area (Å²) >= 11 is 0. The van der Waals surface area contributed by atoms with Crippen LogP contribution in [-0.2, 0) is 14.9 Å².